The lowest BCUT2D eigenvalue weighted by molar-refractivity contribution is 0.237. The van der Waals surface area contributed by atoms with Gasteiger partial charge < -0.3 is 20.1 Å². The van der Waals surface area contributed by atoms with E-state index in [0.717, 1.165) is 34.7 Å². The van der Waals surface area contributed by atoms with Crippen molar-refractivity contribution in [1.82, 2.24) is 15.6 Å². The van der Waals surface area contributed by atoms with E-state index in [1.54, 1.807) is 13.3 Å². The number of carbonyl (C=O) groups is 1. The first-order chi connectivity index (χ1) is 14.6. The van der Waals surface area contributed by atoms with E-state index in [4.69, 9.17) is 9.47 Å². The number of carbonyl (C=O) groups excluding carboxylic acids is 1. The summed E-state index contributed by atoms with van der Waals surface area (Å²) in [6.07, 6.45) is 2.48. The molecule has 0 saturated heterocycles. The van der Waals surface area contributed by atoms with E-state index in [1.165, 1.54) is 0 Å². The summed E-state index contributed by atoms with van der Waals surface area (Å²) in [5.41, 5.74) is 2.99. The molecule has 1 heterocycles. The number of nitrogens with zero attached hydrogens (tertiary/aromatic N) is 1. The summed E-state index contributed by atoms with van der Waals surface area (Å²) in [4.78, 5) is 16.4. The Morgan fingerprint density at radius 1 is 1.00 bits per heavy atom. The van der Waals surface area contributed by atoms with Crippen LogP contribution in [0.25, 0.3) is 0 Å². The van der Waals surface area contributed by atoms with Gasteiger partial charge in [-0.25, -0.2) is 4.79 Å². The number of ether oxygens (including phenoxy) is 2. The van der Waals surface area contributed by atoms with E-state index >= 15 is 0 Å². The average molecular weight is 405 g/mol. The van der Waals surface area contributed by atoms with Gasteiger partial charge in [0.25, 0.3) is 0 Å². The summed E-state index contributed by atoms with van der Waals surface area (Å²) >= 11 is 0. The van der Waals surface area contributed by atoms with E-state index in [9.17, 15) is 4.79 Å². The number of hydrogen-bond acceptors (Lipinski definition) is 4. The van der Waals surface area contributed by atoms with Crippen LogP contribution in [-0.2, 0) is 19.6 Å². The second-order valence-electron chi connectivity index (χ2n) is 7.04. The summed E-state index contributed by atoms with van der Waals surface area (Å²) in [7, 11) is 1.65. The van der Waals surface area contributed by atoms with Gasteiger partial charge in [-0.3, -0.25) is 4.98 Å². The fourth-order valence-corrected chi connectivity index (χ4v) is 3.01. The Morgan fingerprint density at radius 3 is 2.57 bits per heavy atom. The van der Waals surface area contributed by atoms with E-state index in [-0.39, 0.29) is 12.1 Å². The lowest BCUT2D eigenvalue weighted by atomic mass is 10.1. The van der Waals surface area contributed by atoms with Gasteiger partial charge in [0.1, 0.15) is 18.1 Å². The molecule has 0 aliphatic heterocycles. The number of benzene rings is 2. The van der Waals surface area contributed by atoms with Crippen molar-refractivity contribution in [3.8, 4) is 11.5 Å². The summed E-state index contributed by atoms with van der Waals surface area (Å²) in [6.45, 7) is 2.84. The van der Waals surface area contributed by atoms with Gasteiger partial charge in [-0.05, 0) is 60.9 Å². The average Bonchev–Trinajstić information content (AvgIpc) is 2.77. The topological polar surface area (TPSA) is 72.5 Å². The van der Waals surface area contributed by atoms with Crippen molar-refractivity contribution in [2.24, 2.45) is 0 Å². The molecular formula is C24H27N3O3. The predicted octanol–water partition coefficient (Wildman–Crippen LogP) is 4.10. The van der Waals surface area contributed by atoms with E-state index in [0.29, 0.717) is 13.2 Å². The molecule has 0 bridgehead atoms. The molecule has 1 aromatic heterocycles. The molecule has 1 unspecified atom stereocenters. The zero-order chi connectivity index (χ0) is 21.2. The van der Waals surface area contributed by atoms with Crippen molar-refractivity contribution in [2.75, 3.05) is 7.11 Å². The van der Waals surface area contributed by atoms with Gasteiger partial charge in [0.15, 0.2) is 0 Å². The maximum atomic E-state index is 12.2. The first-order valence-electron chi connectivity index (χ1n) is 9.91. The van der Waals surface area contributed by atoms with Crippen LogP contribution in [0.5, 0.6) is 11.5 Å². The minimum Gasteiger partial charge on any atom is -0.497 e. The molecule has 0 aliphatic carbocycles. The highest BCUT2D eigenvalue weighted by Crippen LogP contribution is 2.15. The fourth-order valence-electron chi connectivity index (χ4n) is 3.01. The van der Waals surface area contributed by atoms with Crippen LogP contribution in [0.1, 0.15) is 23.7 Å². The van der Waals surface area contributed by atoms with Gasteiger partial charge in [0.2, 0.25) is 0 Å². The monoisotopic (exact) mass is 405 g/mol. The van der Waals surface area contributed by atoms with Crippen molar-refractivity contribution in [1.29, 1.82) is 0 Å². The molecule has 2 aromatic carbocycles. The van der Waals surface area contributed by atoms with Crippen molar-refractivity contribution < 1.29 is 14.3 Å². The molecule has 0 aliphatic rings. The lowest BCUT2D eigenvalue weighted by Crippen LogP contribution is -2.41. The largest absolute Gasteiger partial charge is 0.497 e. The second-order valence-corrected chi connectivity index (χ2v) is 7.04. The van der Waals surface area contributed by atoms with Crippen LogP contribution in [-0.4, -0.2) is 24.2 Å². The fraction of sp³-hybridized carbons (Fsp3) is 0.250. The molecule has 0 saturated carbocycles. The molecule has 2 amide bonds. The number of pyridine rings is 1. The van der Waals surface area contributed by atoms with E-state index in [1.807, 2.05) is 73.7 Å². The van der Waals surface area contributed by atoms with Gasteiger partial charge >= 0.3 is 6.03 Å². The molecule has 1 atom stereocenters. The third-order valence-electron chi connectivity index (χ3n) is 4.54. The van der Waals surface area contributed by atoms with Crippen molar-refractivity contribution in [3.05, 3.63) is 89.7 Å². The summed E-state index contributed by atoms with van der Waals surface area (Å²) in [5, 5.41) is 5.85. The second kappa shape index (κ2) is 10.9. The Morgan fingerprint density at radius 2 is 1.83 bits per heavy atom. The molecule has 156 valence electrons. The van der Waals surface area contributed by atoms with Crippen LogP contribution >= 0.6 is 0 Å². The van der Waals surface area contributed by atoms with E-state index < -0.39 is 0 Å². The molecule has 0 fully saturated rings. The van der Waals surface area contributed by atoms with Crippen LogP contribution < -0.4 is 20.1 Å². The zero-order valence-corrected chi connectivity index (χ0v) is 17.3. The highest BCUT2D eigenvalue weighted by Gasteiger charge is 2.08. The number of amides is 2. The zero-order valence-electron chi connectivity index (χ0n) is 17.3. The van der Waals surface area contributed by atoms with Gasteiger partial charge in [0, 0.05) is 18.8 Å². The third-order valence-corrected chi connectivity index (χ3v) is 4.54. The minimum atomic E-state index is -0.194. The number of methoxy groups -OCH3 is 1. The Labute approximate surface area is 177 Å². The Balaban J connectivity index is 1.40. The normalized spacial score (nSPS) is 11.4. The lowest BCUT2D eigenvalue weighted by Gasteiger charge is -2.15. The van der Waals surface area contributed by atoms with Crippen LogP contribution in [0, 0.1) is 0 Å². The van der Waals surface area contributed by atoms with E-state index in [2.05, 4.69) is 15.6 Å². The van der Waals surface area contributed by atoms with Crippen molar-refractivity contribution in [3.63, 3.8) is 0 Å². The molecule has 3 rings (SSSR count). The SMILES string of the molecule is COc1cccc(CC(C)NC(=O)NCc2ccc(OCc3ccccn3)cc2)c1. The first kappa shape index (κ1) is 21.2. The summed E-state index contributed by atoms with van der Waals surface area (Å²) in [5.74, 6) is 1.58. The Kier molecular flexibility index (Phi) is 7.66. The molecule has 0 spiro atoms. The standard InChI is InChI=1S/C24H27N3O3/c1-18(14-20-6-5-8-23(15-20)29-2)27-24(28)26-16-19-9-11-22(12-10-19)30-17-21-7-3-4-13-25-21/h3-13,15,18H,14,16-17H2,1-2H3,(H2,26,27,28). The molecule has 2 N–H and O–H groups in total. The highest BCUT2D eigenvalue weighted by atomic mass is 16.5. The summed E-state index contributed by atoms with van der Waals surface area (Å²) in [6, 6.07) is 21.1. The number of nitrogens with one attached hydrogen (secondary N) is 2. The van der Waals surface area contributed by atoms with Gasteiger partial charge in [-0.2, -0.15) is 0 Å². The van der Waals surface area contributed by atoms with Crippen LogP contribution in [0.15, 0.2) is 72.9 Å². The Bertz CT molecular complexity index is 930. The predicted molar refractivity (Wildman–Crippen MR) is 117 cm³/mol. The molecule has 30 heavy (non-hydrogen) atoms. The van der Waals surface area contributed by atoms with Crippen molar-refractivity contribution in [2.45, 2.75) is 32.5 Å². The van der Waals surface area contributed by atoms with Gasteiger partial charge in [0.05, 0.1) is 12.8 Å². The van der Waals surface area contributed by atoms with Crippen LogP contribution in [0.4, 0.5) is 4.79 Å². The van der Waals surface area contributed by atoms with Crippen LogP contribution in [0.3, 0.4) is 0 Å². The minimum absolute atomic E-state index is 0.000483. The molecule has 6 nitrogen and oxygen atoms in total. The number of aromatic nitrogens is 1. The quantitative estimate of drug-likeness (QED) is 0.562. The number of hydrogen-bond donors (Lipinski definition) is 2. The van der Waals surface area contributed by atoms with Crippen LogP contribution in [0.2, 0.25) is 0 Å². The highest BCUT2D eigenvalue weighted by molar-refractivity contribution is 5.74. The number of rotatable bonds is 9. The number of urea groups is 1. The molecule has 3 aromatic rings. The maximum Gasteiger partial charge on any atom is 0.315 e. The smallest absolute Gasteiger partial charge is 0.315 e. The molecule has 6 heteroatoms. The first-order valence-corrected chi connectivity index (χ1v) is 9.91. The van der Waals surface area contributed by atoms with Gasteiger partial charge in [-0.15, -0.1) is 0 Å². The van der Waals surface area contributed by atoms with Gasteiger partial charge in [-0.1, -0.05) is 30.3 Å². The van der Waals surface area contributed by atoms with Crippen molar-refractivity contribution >= 4 is 6.03 Å². The Hall–Kier alpha value is -3.54. The third kappa shape index (κ3) is 6.81. The molecule has 0 radical (unpaired) electrons. The summed E-state index contributed by atoms with van der Waals surface area (Å²) < 4.78 is 11.0. The molecular weight excluding hydrogens is 378 g/mol. The maximum absolute atomic E-state index is 12.2.